The summed E-state index contributed by atoms with van der Waals surface area (Å²) in [5.41, 5.74) is 0. The molecule has 0 atom stereocenters. The van der Waals surface area contributed by atoms with Crippen LogP contribution in [0.3, 0.4) is 0 Å². The minimum absolute atomic E-state index is 0.545. The summed E-state index contributed by atoms with van der Waals surface area (Å²) in [5, 5.41) is 13.5. The zero-order chi connectivity index (χ0) is 12.4. The van der Waals surface area contributed by atoms with Gasteiger partial charge in [0, 0.05) is 19.0 Å². The van der Waals surface area contributed by atoms with Crippen LogP contribution in [0, 0.1) is 0 Å². The Morgan fingerprint density at radius 1 is 1.50 bits per heavy atom. The average Bonchev–Trinajstić information content (AvgIpc) is 2.92. The van der Waals surface area contributed by atoms with Gasteiger partial charge in [0.1, 0.15) is 10.6 Å². The van der Waals surface area contributed by atoms with E-state index >= 15 is 0 Å². The van der Waals surface area contributed by atoms with Crippen LogP contribution in [0.15, 0.2) is 15.9 Å². The largest absolute Gasteiger partial charge is 0.495 e. The van der Waals surface area contributed by atoms with Gasteiger partial charge in [0.15, 0.2) is 0 Å². The van der Waals surface area contributed by atoms with Crippen LogP contribution < -0.4 is 10.1 Å². The van der Waals surface area contributed by atoms with Crippen molar-refractivity contribution < 1.29 is 9.15 Å². The molecule has 1 aliphatic carbocycles. The highest BCUT2D eigenvalue weighted by Gasteiger charge is 2.20. The normalized spacial score (nSPS) is 14.9. The molecule has 0 unspecified atom stereocenters. The summed E-state index contributed by atoms with van der Waals surface area (Å²) >= 11 is 1.54. The van der Waals surface area contributed by atoms with E-state index < -0.39 is 0 Å². The Morgan fingerprint density at radius 2 is 2.39 bits per heavy atom. The molecule has 2 aromatic rings. The smallest absolute Gasteiger partial charge is 0.261 e. The lowest BCUT2D eigenvalue weighted by Gasteiger charge is -1.98. The first-order valence-corrected chi connectivity index (χ1v) is 6.92. The van der Waals surface area contributed by atoms with E-state index in [1.807, 2.05) is 11.4 Å². The van der Waals surface area contributed by atoms with E-state index in [2.05, 4.69) is 15.5 Å². The van der Waals surface area contributed by atoms with Crippen molar-refractivity contribution in [3.63, 3.8) is 0 Å². The fourth-order valence-electron chi connectivity index (χ4n) is 1.73. The first-order chi connectivity index (χ1) is 8.86. The van der Waals surface area contributed by atoms with Crippen LogP contribution in [-0.2, 0) is 6.42 Å². The molecule has 0 bridgehead atoms. The van der Waals surface area contributed by atoms with Gasteiger partial charge in [-0.05, 0) is 24.3 Å². The molecule has 0 amide bonds. The van der Waals surface area contributed by atoms with Gasteiger partial charge in [0.05, 0.1) is 7.11 Å². The molecule has 1 N–H and O–H groups in total. The summed E-state index contributed by atoms with van der Waals surface area (Å²) in [6, 6.07) is 2.61. The van der Waals surface area contributed by atoms with E-state index in [1.54, 1.807) is 18.4 Å². The molecule has 0 saturated heterocycles. The Labute approximate surface area is 109 Å². The number of aromatic nitrogens is 2. The van der Waals surface area contributed by atoms with Gasteiger partial charge >= 0.3 is 0 Å². The second kappa shape index (κ2) is 5.07. The van der Waals surface area contributed by atoms with Gasteiger partial charge in [0.25, 0.3) is 5.89 Å². The minimum Gasteiger partial charge on any atom is -0.495 e. The second-order valence-electron chi connectivity index (χ2n) is 4.30. The maximum atomic E-state index is 5.64. The number of thiophene rings is 1. The van der Waals surface area contributed by atoms with Crippen molar-refractivity contribution in [2.75, 3.05) is 13.7 Å². The third-order valence-corrected chi connectivity index (χ3v) is 3.74. The Hall–Kier alpha value is -1.40. The highest BCUT2D eigenvalue weighted by Crippen LogP contribution is 2.34. The predicted molar refractivity (Wildman–Crippen MR) is 68.9 cm³/mol. The number of nitrogens with zero attached hydrogens (tertiary/aromatic N) is 2. The summed E-state index contributed by atoms with van der Waals surface area (Å²) in [7, 11) is 1.64. The maximum Gasteiger partial charge on any atom is 0.261 e. The minimum atomic E-state index is 0.545. The Balaban J connectivity index is 1.64. The third kappa shape index (κ3) is 2.54. The van der Waals surface area contributed by atoms with E-state index in [4.69, 9.17) is 9.15 Å². The summed E-state index contributed by atoms with van der Waals surface area (Å²) in [6.45, 7) is 0.897. The van der Waals surface area contributed by atoms with Crippen LogP contribution in [0.5, 0.6) is 5.75 Å². The lowest BCUT2D eigenvalue weighted by atomic mass is 10.4. The van der Waals surface area contributed by atoms with Crippen LogP contribution in [0.25, 0.3) is 10.8 Å². The lowest BCUT2D eigenvalue weighted by molar-refractivity contribution is 0.415. The van der Waals surface area contributed by atoms with Crippen molar-refractivity contribution in [3.05, 3.63) is 17.3 Å². The highest BCUT2D eigenvalue weighted by molar-refractivity contribution is 7.13. The van der Waals surface area contributed by atoms with Gasteiger partial charge < -0.3 is 14.5 Å². The van der Waals surface area contributed by atoms with Gasteiger partial charge in [-0.3, -0.25) is 0 Å². The maximum absolute atomic E-state index is 5.64. The van der Waals surface area contributed by atoms with E-state index in [-0.39, 0.29) is 0 Å². The van der Waals surface area contributed by atoms with Crippen LogP contribution in [0.4, 0.5) is 0 Å². The summed E-state index contributed by atoms with van der Waals surface area (Å²) in [5.74, 6) is 2.00. The first-order valence-electron chi connectivity index (χ1n) is 6.04. The zero-order valence-corrected chi connectivity index (χ0v) is 11.0. The number of rotatable bonds is 6. The molecule has 1 saturated carbocycles. The molecule has 5 nitrogen and oxygen atoms in total. The summed E-state index contributed by atoms with van der Waals surface area (Å²) in [4.78, 5) is 0.895. The van der Waals surface area contributed by atoms with Gasteiger partial charge in [-0.25, -0.2) is 0 Å². The van der Waals surface area contributed by atoms with Crippen LogP contribution in [-0.4, -0.2) is 29.9 Å². The van der Waals surface area contributed by atoms with Crippen molar-refractivity contribution in [2.45, 2.75) is 25.3 Å². The predicted octanol–water partition coefficient (Wildman–Crippen LogP) is 2.10. The van der Waals surface area contributed by atoms with E-state index in [1.165, 1.54) is 12.8 Å². The topological polar surface area (TPSA) is 60.2 Å². The molecule has 1 aliphatic rings. The van der Waals surface area contributed by atoms with Crippen LogP contribution in [0.2, 0.25) is 0 Å². The molecule has 0 aromatic carbocycles. The fourth-order valence-corrected chi connectivity index (χ4v) is 2.51. The van der Waals surface area contributed by atoms with Gasteiger partial charge in [-0.2, -0.15) is 0 Å². The molecule has 96 valence electrons. The van der Waals surface area contributed by atoms with Crippen molar-refractivity contribution >= 4 is 11.3 Å². The molecule has 0 radical (unpaired) electrons. The Bertz CT molecular complexity index is 519. The molecular formula is C12H15N3O2S. The standard InChI is InChI=1S/C12H15N3O2S/c1-16-9-5-7-18-11(9)12-15-14-10(17-12)4-6-13-8-2-3-8/h5,7-8,13H,2-4,6H2,1H3. The van der Waals surface area contributed by atoms with Crippen LogP contribution >= 0.6 is 11.3 Å². The number of nitrogens with one attached hydrogen (secondary N) is 1. The van der Waals surface area contributed by atoms with Crippen molar-refractivity contribution in [2.24, 2.45) is 0 Å². The molecule has 18 heavy (non-hydrogen) atoms. The zero-order valence-electron chi connectivity index (χ0n) is 10.2. The lowest BCUT2D eigenvalue weighted by Crippen LogP contribution is -2.19. The SMILES string of the molecule is COc1ccsc1-c1nnc(CCNC2CC2)o1. The van der Waals surface area contributed by atoms with Gasteiger partial charge in [-0.1, -0.05) is 0 Å². The first kappa shape index (κ1) is 11.7. The van der Waals surface area contributed by atoms with E-state index in [0.717, 1.165) is 23.6 Å². The molecule has 6 heteroatoms. The molecule has 2 aromatic heterocycles. The molecule has 0 spiro atoms. The quantitative estimate of drug-likeness (QED) is 0.866. The van der Waals surface area contributed by atoms with Gasteiger partial charge in [0.2, 0.25) is 5.89 Å². The number of hydrogen-bond donors (Lipinski definition) is 1. The van der Waals surface area contributed by atoms with Crippen molar-refractivity contribution in [1.29, 1.82) is 0 Å². The third-order valence-electron chi connectivity index (χ3n) is 2.86. The second-order valence-corrected chi connectivity index (χ2v) is 5.21. The monoisotopic (exact) mass is 265 g/mol. The summed E-state index contributed by atoms with van der Waals surface area (Å²) < 4.78 is 10.9. The Kier molecular flexibility index (Phi) is 3.29. The Morgan fingerprint density at radius 3 is 3.17 bits per heavy atom. The number of ether oxygens (including phenoxy) is 1. The number of hydrogen-bond acceptors (Lipinski definition) is 6. The van der Waals surface area contributed by atoms with Crippen molar-refractivity contribution in [1.82, 2.24) is 15.5 Å². The highest BCUT2D eigenvalue weighted by atomic mass is 32.1. The fraction of sp³-hybridized carbons (Fsp3) is 0.500. The van der Waals surface area contributed by atoms with Crippen LogP contribution in [0.1, 0.15) is 18.7 Å². The average molecular weight is 265 g/mol. The molecule has 0 aliphatic heterocycles. The van der Waals surface area contributed by atoms with E-state index in [9.17, 15) is 0 Å². The molecule has 2 heterocycles. The number of methoxy groups -OCH3 is 1. The van der Waals surface area contributed by atoms with Gasteiger partial charge in [-0.15, -0.1) is 21.5 Å². The summed E-state index contributed by atoms with van der Waals surface area (Å²) in [6.07, 6.45) is 3.36. The molecule has 1 fully saturated rings. The van der Waals surface area contributed by atoms with Crippen molar-refractivity contribution in [3.8, 4) is 16.5 Å². The molecular weight excluding hydrogens is 250 g/mol. The molecule has 3 rings (SSSR count). The van der Waals surface area contributed by atoms with E-state index in [0.29, 0.717) is 17.8 Å².